The van der Waals surface area contributed by atoms with Gasteiger partial charge in [0.05, 0.1) is 12.1 Å². The second-order valence-corrected chi connectivity index (χ2v) is 5.52. The number of pyridine rings is 1. The summed E-state index contributed by atoms with van der Waals surface area (Å²) >= 11 is 0. The number of carbonyl (C=O) groups is 2. The lowest BCUT2D eigenvalue weighted by atomic mass is 10.2. The summed E-state index contributed by atoms with van der Waals surface area (Å²) in [5.74, 6) is 0.212. The standard InChI is InChI=1S/C17H17N7O2/c1-12-21-22-23-24(12)9-7-16(25)19-14-5-2-6-15(10-14)20-17(26)13-4-3-8-18-11-13/h2-6,8,10-11H,7,9H2,1H3,(H,19,25)(H,20,26). The molecule has 0 spiro atoms. The van der Waals surface area contributed by atoms with Gasteiger partial charge < -0.3 is 10.6 Å². The Hall–Kier alpha value is -3.62. The highest BCUT2D eigenvalue weighted by Crippen LogP contribution is 2.16. The van der Waals surface area contributed by atoms with Crippen molar-refractivity contribution in [1.29, 1.82) is 0 Å². The molecule has 0 atom stereocenters. The molecule has 0 aliphatic heterocycles. The highest BCUT2D eigenvalue weighted by Gasteiger charge is 2.08. The van der Waals surface area contributed by atoms with E-state index in [0.717, 1.165) is 0 Å². The topological polar surface area (TPSA) is 115 Å². The zero-order valence-corrected chi connectivity index (χ0v) is 14.1. The van der Waals surface area contributed by atoms with Crippen molar-refractivity contribution in [3.63, 3.8) is 0 Å². The summed E-state index contributed by atoms with van der Waals surface area (Å²) in [7, 11) is 0. The van der Waals surface area contributed by atoms with Gasteiger partial charge in [-0.15, -0.1) is 5.10 Å². The summed E-state index contributed by atoms with van der Waals surface area (Å²) in [6.07, 6.45) is 3.32. The van der Waals surface area contributed by atoms with Gasteiger partial charge in [0, 0.05) is 30.2 Å². The first-order chi connectivity index (χ1) is 12.6. The molecule has 2 amide bonds. The highest BCUT2D eigenvalue weighted by molar-refractivity contribution is 6.04. The van der Waals surface area contributed by atoms with Crippen LogP contribution in [0.25, 0.3) is 0 Å². The number of benzene rings is 1. The van der Waals surface area contributed by atoms with Gasteiger partial charge in [0.25, 0.3) is 5.91 Å². The minimum absolute atomic E-state index is 0.171. The minimum Gasteiger partial charge on any atom is -0.326 e. The van der Waals surface area contributed by atoms with Crippen molar-refractivity contribution in [2.75, 3.05) is 10.6 Å². The molecule has 0 fully saturated rings. The maximum absolute atomic E-state index is 12.2. The molecule has 2 N–H and O–H groups in total. The average molecular weight is 351 g/mol. The third-order valence-electron chi connectivity index (χ3n) is 3.59. The van der Waals surface area contributed by atoms with Crippen LogP contribution in [0.2, 0.25) is 0 Å². The number of aryl methyl sites for hydroxylation is 2. The number of carbonyl (C=O) groups excluding carboxylic acids is 2. The molecule has 26 heavy (non-hydrogen) atoms. The maximum atomic E-state index is 12.2. The fraction of sp³-hybridized carbons (Fsp3) is 0.176. The summed E-state index contributed by atoms with van der Waals surface area (Å²) in [6, 6.07) is 10.3. The lowest BCUT2D eigenvalue weighted by Crippen LogP contribution is -2.16. The maximum Gasteiger partial charge on any atom is 0.257 e. The molecule has 2 heterocycles. The molecule has 0 radical (unpaired) electrons. The molecular weight excluding hydrogens is 334 g/mol. The van der Waals surface area contributed by atoms with Gasteiger partial charge in [0.15, 0.2) is 0 Å². The molecule has 3 rings (SSSR count). The lowest BCUT2D eigenvalue weighted by Gasteiger charge is -2.09. The Morgan fingerprint density at radius 2 is 1.92 bits per heavy atom. The Bertz CT molecular complexity index is 908. The Labute approximate surface area is 149 Å². The largest absolute Gasteiger partial charge is 0.326 e. The second kappa shape index (κ2) is 7.97. The van der Waals surface area contributed by atoms with E-state index in [1.807, 2.05) is 0 Å². The molecule has 0 aliphatic carbocycles. The summed E-state index contributed by atoms with van der Waals surface area (Å²) < 4.78 is 1.56. The van der Waals surface area contributed by atoms with Crippen LogP contribution in [0.5, 0.6) is 0 Å². The first-order valence-corrected chi connectivity index (χ1v) is 7.96. The second-order valence-electron chi connectivity index (χ2n) is 5.52. The number of hydrogen-bond acceptors (Lipinski definition) is 6. The van der Waals surface area contributed by atoms with E-state index in [1.54, 1.807) is 54.2 Å². The van der Waals surface area contributed by atoms with Crippen LogP contribution in [0.3, 0.4) is 0 Å². The van der Waals surface area contributed by atoms with Gasteiger partial charge in [-0.1, -0.05) is 6.07 Å². The van der Waals surface area contributed by atoms with E-state index in [0.29, 0.717) is 29.3 Å². The smallest absolute Gasteiger partial charge is 0.257 e. The number of anilines is 2. The molecule has 3 aromatic rings. The number of rotatable bonds is 6. The third-order valence-corrected chi connectivity index (χ3v) is 3.59. The van der Waals surface area contributed by atoms with Crippen LogP contribution in [-0.2, 0) is 11.3 Å². The highest BCUT2D eigenvalue weighted by atomic mass is 16.2. The first kappa shape index (κ1) is 17.2. The SMILES string of the molecule is Cc1nnnn1CCC(=O)Nc1cccc(NC(=O)c2cccnc2)c1. The molecule has 1 aromatic carbocycles. The van der Waals surface area contributed by atoms with Crippen molar-refractivity contribution in [1.82, 2.24) is 25.2 Å². The molecule has 9 nitrogen and oxygen atoms in total. The molecule has 9 heteroatoms. The van der Waals surface area contributed by atoms with Crippen molar-refractivity contribution in [3.8, 4) is 0 Å². The Morgan fingerprint density at radius 1 is 1.12 bits per heavy atom. The van der Waals surface area contributed by atoms with Crippen molar-refractivity contribution in [2.45, 2.75) is 19.9 Å². The van der Waals surface area contributed by atoms with E-state index in [-0.39, 0.29) is 18.2 Å². The summed E-state index contributed by atoms with van der Waals surface area (Å²) in [5, 5.41) is 16.7. The molecule has 2 aromatic heterocycles. The molecule has 0 bridgehead atoms. The molecular formula is C17H17N7O2. The fourth-order valence-corrected chi connectivity index (χ4v) is 2.26. The van der Waals surface area contributed by atoms with Crippen LogP contribution < -0.4 is 10.6 Å². The van der Waals surface area contributed by atoms with Crippen molar-refractivity contribution < 1.29 is 9.59 Å². The van der Waals surface area contributed by atoms with Gasteiger partial charge >= 0.3 is 0 Å². The van der Waals surface area contributed by atoms with Crippen molar-refractivity contribution >= 4 is 23.2 Å². The third kappa shape index (κ3) is 4.47. The van der Waals surface area contributed by atoms with E-state index in [1.165, 1.54) is 6.20 Å². The monoisotopic (exact) mass is 351 g/mol. The molecule has 0 aliphatic rings. The predicted molar refractivity (Wildman–Crippen MR) is 94.4 cm³/mol. The number of hydrogen-bond donors (Lipinski definition) is 2. The predicted octanol–water partition coefficient (Wildman–Crippen LogP) is 1.66. The van der Waals surface area contributed by atoms with Crippen LogP contribution in [0.4, 0.5) is 11.4 Å². The van der Waals surface area contributed by atoms with Crippen molar-refractivity contribution in [3.05, 3.63) is 60.2 Å². The van der Waals surface area contributed by atoms with E-state index in [2.05, 4.69) is 31.1 Å². The van der Waals surface area contributed by atoms with E-state index >= 15 is 0 Å². The number of tetrazole rings is 1. The number of aromatic nitrogens is 5. The Kier molecular flexibility index (Phi) is 5.28. The van der Waals surface area contributed by atoms with Gasteiger partial charge in [0.2, 0.25) is 5.91 Å². The van der Waals surface area contributed by atoms with Gasteiger partial charge in [-0.05, 0) is 47.7 Å². The normalized spacial score (nSPS) is 10.3. The van der Waals surface area contributed by atoms with Crippen LogP contribution in [-0.4, -0.2) is 37.0 Å². The average Bonchev–Trinajstić information content (AvgIpc) is 3.06. The molecule has 0 saturated carbocycles. The number of nitrogens with one attached hydrogen (secondary N) is 2. The molecule has 0 saturated heterocycles. The van der Waals surface area contributed by atoms with Crippen LogP contribution in [0, 0.1) is 6.92 Å². The zero-order chi connectivity index (χ0) is 18.4. The summed E-state index contributed by atoms with van der Waals surface area (Å²) in [5.41, 5.74) is 1.62. The van der Waals surface area contributed by atoms with Gasteiger partial charge in [-0.2, -0.15) is 0 Å². The number of nitrogens with zero attached hydrogens (tertiary/aromatic N) is 5. The van der Waals surface area contributed by atoms with E-state index in [4.69, 9.17) is 0 Å². The van der Waals surface area contributed by atoms with Crippen molar-refractivity contribution in [2.24, 2.45) is 0 Å². The lowest BCUT2D eigenvalue weighted by molar-refractivity contribution is -0.116. The Morgan fingerprint density at radius 3 is 2.62 bits per heavy atom. The molecule has 0 unspecified atom stereocenters. The van der Waals surface area contributed by atoms with E-state index < -0.39 is 0 Å². The minimum atomic E-state index is -0.268. The van der Waals surface area contributed by atoms with Gasteiger partial charge in [-0.3, -0.25) is 14.6 Å². The quantitative estimate of drug-likeness (QED) is 0.698. The van der Waals surface area contributed by atoms with Gasteiger partial charge in [0.1, 0.15) is 5.82 Å². The molecule has 132 valence electrons. The van der Waals surface area contributed by atoms with E-state index in [9.17, 15) is 9.59 Å². The van der Waals surface area contributed by atoms with Crippen LogP contribution >= 0.6 is 0 Å². The van der Waals surface area contributed by atoms with Gasteiger partial charge in [-0.25, -0.2) is 4.68 Å². The fourth-order valence-electron chi connectivity index (χ4n) is 2.26. The van der Waals surface area contributed by atoms with Crippen LogP contribution in [0.1, 0.15) is 22.6 Å². The summed E-state index contributed by atoms with van der Waals surface area (Å²) in [6.45, 7) is 2.16. The Balaban J connectivity index is 1.57. The first-order valence-electron chi connectivity index (χ1n) is 7.96. The number of amides is 2. The summed E-state index contributed by atoms with van der Waals surface area (Å²) in [4.78, 5) is 28.2. The van der Waals surface area contributed by atoms with Crippen LogP contribution in [0.15, 0.2) is 48.8 Å². The zero-order valence-electron chi connectivity index (χ0n) is 14.1.